The van der Waals surface area contributed by atoms with Gasteiger partial charge in [0.2, 0.25) is 0 Å². The third-order valence-corrected chi connectivity index (χ3v) is 4.76. The van der Waals surface area contributed by atoms with Crippen molar-refractivity contribution in [2.45, 2.75) is 31.8 Å². The first-order valence-electron chi connectivity index (χ1n) is 6.44. The smallest absolute Gasteiger partial charge is 0.337 e. The molecule has 0 fully saturated rings. The fourth-order valence-corrected chi connectivity index (χ4v) is 3.62. The Balaban J connectivity index is 1.94. The summed E-state index contributed by atoms with van der Waals surface area (Å²) in [5.74, 6) is -0.651. The highest BCUT2D eigenvalue weighted by molar-refractivity contribution is 7.19. The Labute approximate surface area is 119 Å². The van der Waals surface area contributed by atoms with E-state index in [9.17, 15) is 9.90 Å². The van der Waals surface area contributed by atoms with Crippen molar-refractivity contribution in [2.75, 3.05) is 11.9 Å². The van der Waals surface area contributed by atoms with Crippen LogP contribution in [-0.2, 0) is 17.6 Å². The number of carboxylic acid groups (broad SMARTS) is 1. The zero-order chi connectivity index (χ0) is 14.3. The first-order chi connectivity index (χ1) is 9.49. The molecule has 0 amide bonds. The monoisotopic (exact) mass is 293 g/mol. The summed E-state index contributed by atoms with van der Waals surface area (Å²) in [6.07, 6.45) is 4.68. The summed E-state index contributed by atoms with van der Waals surface area (Å²) in [5, 5.41) is 22.6. The minimum atomic E-state index is -1.82. The van der Waals surface area contributed by atoms with Crippen molar-refractivity contribution < 1.29 is 15.0 Å². The molecule has 7 heteroatoms. The number of carboxylic acids is 1. The summed E-state index contributed by atoms with van der Waals surface area (Å²) in [6, 6.07) is 0. The first kappa shape index (κ1) is 13.3. The minimum Gasteiger partial charge on any atom is -0.479 e. The number of nitrogens with one attached hydrogen (secondary N) is 1. The minimum absolute atomic E-state index is 0.0981. The highest BCUT2D eigenvalue weighted by Crippen LogP contribution is 2.39. The molecule has 0 aliphatic heterocycles. The summed E-state index contributed by atoms with van der Waals surface area (Å²) in [6.45, 7) is 1.16. The van der Waals surface area contributed by atoms with Crippen LogP contribution >= 0.6 is 11.3 Å². The van der Waals surface area contributed by atoms with Gasteiger partial charge in [-0.25, -0.2) is 14.8 Å². The maximum atomic E-state index is 10.9. The van der Waals surface area contributed by atoms with Crippen LogP contribution in [0.5, 0.6) is 0 Å². The molecule has 1 unspecified atom stereocenters. The normalized spacial score (nSPS) is 16.9. The largest absolute Gasteiger partial charge is 0.479 e. The van der Waals surface area contributed by atoms with Crippen molar-refractivity contribution in [2.24, 2.45) is 0 Å². The van der Waals surface area contributed by atoms with Crippen LogP contribution in [0, 0.1) is 0 Å². The number of carbonyl (C=O) groups is 1. The molecule has 20 heavy (non-hydrogen) atoms. The second-order valence-electron chi connectivity index (χ2n) is 5.19. The summed E-state index contributed by atoms with van der Waals surface area (Å²) < 4.78 is 0. The van der Waals surface area contributed by atoms with Gasteiger partial charge in [0.15, 0.2) is 5.60 Å². The first-order valence-corrected chi connectivity index (χ1v) is 7.25. The lowest BCUT2D eigenvalue weighted by molar-refractivity contribution is -0.155. The second-order valence-corrected chi connectivity index (χ2v) is 6.28. The van der Waals surface area contributed by atoms with Gasteiger partial charge in [0.05, 0.1) is 11.9 Å². The van der Waals surface area contributed by atoms with Crippen LogP contribution in [0.15, 0.2) is 6.33 Å². The van der Waals surface area contributed by atoms with Gasteiger partial charge in [-0.05, 0) is 31.7 Å². The fraction of sp³-hybridized carbons (Fsp3) is 0.462. The maximum Gasteiger partial charge on any atom is 0.337 e. The lowest BCUT2D eigenvalue weighted by atomic mass is 10.1. The van der Waals surface area contributed by atoms with E-state index in [-0.39, 0.29) is 6.54 Å². The highest BCUT2D eigenvalue weighted by atomic mass is 32.1. The number of hydrogen-bond donors (Lipinski definition) is 3. The Bertz CT molecular complexity index is 681. The molecule has 1 atom stereocenters. The van der Waals surface area contributed by atoms with Crippen LogP contribution in [0.2, 0.25) is 0 Å². The van der Waals surface area contributed by atoms with Crippen molar-refractivity contribution in [1.82, 2.24) is 9.97 Å². The summed E-state index contributed by atoms with van der Waals surface area (Å²) in [7, 11) is 0. The van der Waals surface area contributed by atoms with Gasteiger partial charge in [0.1, 0.15) is 17.0 Å². The fourth-order valence-electron chi connectivity index (χ4n) is 2.39. The SMILES string of the molecule is CC(O)(CNc1ncnc2sc3c(c12)CCC3)C(=O)O. The van der Waals surface area contributed by atoms with E-state index in [1.165, 1.54) is 23.7 Å². The lowest BCUT2D eigenvalue weighted by Crippen LogP contribution is -2.42. The molecule has 1 aliphatic rings. The molecule has 106 valence electrons. The maximum absolute atomic E-state index is 10.9. The number of aromatic nitrogens is 2. The summed E-state index contributed by atoms with van der Waals surface area (Å²) in [5.41, 5.74) is -0.556. The Morgan fingerprint density at radius 2 is 2.30 bits per heavy atom. The molecule has 0 spiro atoms. The van der Waals surface area contributed by atoms with E-state index in [4.69, 9.17) is 5.11 Å². The van der Waals surface area contributed by atoms with Gasteiger partial charge in [-0.3, -0.25) is 0 Å². The Morgan fingerprint density at radius 1 is 1.50 bits per heavy atom. The molecule has 0 saturated carbocycles. The van der Waals surface area contributed by atoms with Crippen LogP contribution in [0.1, 0.15) is 23.8 Å². The summed E-state index contributed by atoms with van der Waals surface area (Å²) >= 11 is 1.67. The van der Waals surface area contributed by atoms with Crippen molar-refractivity contribution in [3.63, 3.8) is 0 Å². The molecular weight excluding hydrogens is 278 g/mol. The Hall–Kier alpha value is -1.73. The van der Waals surface area contributed by atoms with Crippen molar-refractivity contribution in [3.05, 3.63) is 16.8 Å². The molecule has 2 heterocycles. The van der Waals surface area contributed by atoms with Crippen LogP contribution in [0.3, 0.4) is 0 Å². The molecule has 0 aromatic carbocycles. The Morgan fingerprint density at radius 3 is 3.05 bits per heavy atom. The van der Waals surface area contributed by atoms with E-state index >= 15 is 0 Å². The van der Waals surface area contributed by atoms with Gasteiger partial charge in [-0.1, -0.05) is 0 Å². The van der Waals surface area contributed by atoms with Crippen molar-refractivity contribution >= 4 is 33.3 Å². The average molecular weight is 293 g/mol. The molecule has 0 saturated heterocycles. The lowest BCUT2D eigenvalue weighted by Gasteiger charge is -2.19. The molecule has 3 N–H and O–H groups in total. The number of aliphatic hydroxyl groups is 1. The molecule has 0 radical (unpaired) electrons. The molecular formula is C13H15N3O3S. The number of aryl methyl sites for hydroxylation is 2. The third-order valence-electron chi connectivity index (χ3n) is 3.56. The van der Waals surface area contributed by atoms with E-state index in [2.05, 4.69) is 15.3 Å². The van der Waals surface area contributed by atoms with Gasteiger partial charge in [0.25, 0.3) is 0 Å². The number of rotatable bonds is 4. The quantitative estimate of drug-likeness (QED) is 0.789. The van der Waals surface area contributed by atoms with Crippen molar-refractivity contribution in [3.8, 4) is 0 Å². The number of aliphatic carboxylic acids is 1. The van der Waals surface area contributed by atoms with Crippen LogP contribution in [0.25, 0.3) is 10.2 Å². The van der Waals surface area contributed by atoms with Gasteiger partial charge >= 0.3 is 5.97 Å². The van der Waals surface area contributed by atoms with Gasteiger partial charge in [-0.15, -0.1) is 11.3 Å². The predicted octanol–water partition coefficient (Wildman–Crippen LogP) is 1.43. The second kappa shape index (κ2) is 4.68. The Kier molecular flexibility index (Phi) is 3.10. The van der Waals surface area contributed by atoms with E-state index in [0.29, 0.717) is 5.82 Å². The number of nitrogens with zero attached hydrogens (tertiary/aromatic N) is 2. The van der Waals surface area contributed by atoms with Gasteiger partial charge in [0, 0.05) is 4.88 Å². The summed E-state index contributed by atoms with van der Waals surface area (Å²) in [4.78, 5) is 21.7. The van der Waals surface area contributed by atoms with Crippen molar-refractivity contribution in [1.29, 1.82) is 0 Å². The van der Waals surface area contributed by atoms with Gasteiger partial charge in [-0.2, -0.15) is 0 Å². The number of fused-ring (bicyclic) bond motifs is 3. The van der Waals surface area contributed by atoms with Crippen LogP contribution in [-0.4, -0.2) is 38.3 Å². The third kappa shape index (κ3) is 2.12. The predicted molar refractivity (Wildman–Crippen MR) is 76.2 cm³/mol. The highest BCUT2D eigenvalue weighted by Gasteiger charge is 2.30. The molecule has 3 rings (SSSR count). The average Bonchev–Trinajstić information content (AvgIpc) is 2.96. The molecule has 1 aliphatic carbocycles. The number of hydrogen-bond acceptors (Lipinski definition) is 6. The zero-order valence-electron chi connectivity index (χ0n) is 11.0. The van der Waals surface area contributed by atoms with E-state index in [1.54, 1.807) is 11.3 Å². The van der Waals surface area contributed by atoms with Crippen LogP contribution < -0.4 is 5.32 Å². The van der Waals surface area contributed by atoms with Gasteiger partial charge < -0.3 is 15.5 Å². The van der Waals surface area contributed by atoms with E-state index in [0.717, 1.165) is 29.5 Å². The molecule has 2 aromatic rings. The standard InChI is InChI=1S/C13H15N3O3S/c1-13(19,12(17)18)5-14-10-9-7-3-2-4-8(7)20-11(9)16-6-15-10/h6,19H,2-5H2,1H3,(H,17,18)(H,14,15,16). The van der Waals surface area contributed by atoms with E-state index in [1.807, 2.05) is 0 Å². The molecule has 6 nitrogen and oxygen atoms in total. The zero-order valence-corrected chi connectivity index (χ0v) is 11.8. The number of anilines is 1. The van der Waals surface area contributed by atoms with E-state index < -0.39 is 11.6 Å². The number of thiophene rings is 1. The van der Waals surface area contributed by atoms with Crippen LogP contribution in [0.4, 0.5) is 5.82 Å². The molecule has 2 aromatic heterocycles. The topological polar surface area (TPSA) is 95.3 Å². The molecule has 0 bridgehead atoms.